The molecule has 0 radical (unpaired) electrons. The van der Waals surface area contributed by atoms with Gasteiger partial charge in [-0.1, -0.05) is 13.8 Å². The lowest BCUT2D eigenvalue weighted by Gasteiger charge is -2.64. The fourth-order valence-electron chi connectivity index (χ4n) is 5.16. The van der Waals surface area contributed by atoms with Crippen LogP contribution >= 0.6 is 0 Å². The average Bonchev–Trinajstić information content (AvgIpc) is 2.83. The third-order valence-corrected chi connectivity index (χ3v) is 6.78. The summed E-state index contributed by atoms with van der Waals surface area (Å²) in [7, 11) is -0.388. The molecule has 1 aromatic heterocycles. The maximum absolute atomic E-state index is 11.7. The molecule has 5 rings (SSSR count). The molecule has 1 saturated heterocycles. The Labute approximate surface area is 138 Å². The third kappa shape index (κ3) is 1.93. The van der Waals surface area contributed by atoms with Crippen LogP contribution in [0, 0.1) is 24.2 Å². The van der Waals surface area contributed by atoms with Gasteiger partial charge in [-0.15, -0.1) is 0 Å². The van der Waals surface area contributed by atoms with Crippen molar-refractivity contribution in [2.24, 2.45) is 17.3 Å². The standard InChI is InChI=1S/C18H24BNO3/c1-10-13(6-7-20-16(10)11(2)21)19-22-15-9-12-8-14(17(12,3)4)18(15,5)23-19/h6-7,12,14-15H,8-9H2,1-5H3/t12?,14?,15?,18-/m0/s1. The molecule has 5 heteroatoms. The molecule has 4 nitrogen and oxygen atoms in total. The minimum Gasteiger partial charge on any atom is -0.401 e. The van der Waals surface area contributed by atoms with Gasteiger partial charge in [0.2, 0.25) is 0 Å². The van der Waals surface area contributed by atoms with E-state index in [0.717, 1.165) is 23.4 Å². The predicted octanol–water partition coefficient (Wildman–Crippen LogP) is 2.53. The van der Waals surface area contributed by atoms with Crippen molar-refractivity contribution in [3.8, 4) is 0 Å². The number of rotatable bonds is 2. The summed E-state index contributed by atoms with van der Waals surface area (Å²) in [6.45, 7) is 10.4. The van der Waals surface area contributed by atoms with Gasteiger partial charge in [-0.05, 0) is 61.0 Å². The van der Waals surface area contributed by atoms with Gasteiger partial charge in [0.05, 0.1) is 11.7 Å². The van der Waals surface area contributed by atoms with Crippen molar-refractivity contribution in [2.45, 2.75) is 59.2 Å². The average molecular weight is 313 g/mol. The Hall–Kier alpha value is -1.20. The Bertz CT molecular complexity index is 689. The first-order valence-corrected chi connectivity index (χ1v) is 8.55. The van der Waals surface area contributed by atoms with Crippen molar-refractivity contribution in [3.05, 3.63) is 23.5 Å². The molecule has 0 amide bonds. The first-order chi connectivity index (χ1) is 10.7. The number of hydrogen-bond donors (Lipinski definition) is 0. The zero-order chi connectivity index (χ0) is 16.6. The van der Waals surface area contributed by atoms with Crippen LogP contribution in [0.15, 0.2) is 12.3 Å². The molecule has 23 heavy (non-hydrogen) atoms. The van der Waals surface area contributed by atoms with Crippen LogP contribution in [-0.2, 0) is 9.31 Å². The van der Waals surface area contributed by atoms with E-state index in [-0.39, 0.29) is 24.6 Å². The number of aromatic nitrogens is 1. The molecule has 4 aliphatic rings. The van der Waals surface area contributed by atoms with Gasteiger partial charge in [-0.2, -0.15) is 0 Å². The third-order valence-electron chi connectivity index (χ3n) is 6.78. The molecule has 0 aromatic carbocycles. The molecule has 2 heterocycles. The summed E-state index contributed by atoms with van der Waals surface area (Å²) in [6.07, 6.45) is 4.14. The van der Waals surface area contributed by atoms with Crippen LogP contribution in [0.4, 0.5) is 0 Å². The number of pyridine rings is 1. The van der Waals surface area contributed by atoms with Gasteiger partial charge in [0.1, 0.15) is 5.69 Å². The molecule has 1 aliphatic heterocycles. The van der Waals surface area contributed by atoms with E-state index in [4.69, 9.17) is 9.31 Å². The summed E-state index contributed by atoms with van der Waals surface area (Å²) in [6, 6.07) is 1.92. The zero-order valence-corrected chi connectivity index (χ0v) is 14.6. The fourth-order valence-corrected chi connectivity index (χ4v) is 5.16. The molecule has 0 spiro atoms. The van der Waals surface area contributed by atoms with Crippen molar-refractivity contribution in [3.63, 3.8) is 0 Å². The number of carbonyl (C=O) groups is 1. The van der Waals surface area contributed by atoms with Crippen LogP contribution in [0.5, 0.6) is 0 Å². The molecule has 4 fully saturated rings. The second-order valence-electron chi connectivity index (χ2n) is 8.23. The van der Waals surface area contributed by atoms with Crippen molar-refractivity contribution < 1.29 is 14.1 Å². The quantitative estimate of drug-likeness (QED) is 0.622. The largest absolute Gasteiger partial charge is 0.495 e. The van der Waals surface area contributed by atoms with E-state index in [0.29, 0.717) is 17.0 Å². The highest BCUT2D eigenvalue weighted by Crippen LogP contribution is 2.65. The van der Waals surface area contributed by atoms with Crippen LogP contribution in [-0.4, -0.2) is 29.6 Å². The molecular formula is C18H24BNO3. The van der Waals surface area contributed by atoms with Gasteiger partial charge in [0, 0.05) is 13.1 Å². The summed E-state index contributed by atoms with van der Waals surface area (Å²) >= 11 is 0. The topological polar surface area (TPSA) is 48.4 Å². The molecule has 3 aliphatic carbocycles. The second kappa shape index (κ2) is 4.67. The van der Waals surface area contributed by atoms with Gasteiger partial charge in [-0.25, -0.2) is 0 Å². The fraction of sp³-hybridized carbons (Fsp3) is 0.667. The van der Waals surface area contributed by atoms with E-state index >= 15 is 0 Å². The number of nitrogens with zero attached hydrogens (tertiary/aromatic N) is 1. The Morgan fingerprint density at radius 2 is 2.09 bits per heavy atom. The minimum absolute atomic E-state index is 0.0191. The molecule has 1 aromatic rings. The Morgan fingerprint density at radius 3 is 2.74 bits per heavy atom. The van der Waals surface area contributed by atoms with Crippen molar-refractivity contribution in [1.82, 2.24) is 4.98 Å². The highest BCUT2D eigenvalue weighted by Gasteiger charge is 2.68. The van der Waals surface area contributed by atoms with Crippen LogP contribution in [0.1, 0.15) is 56.6 Å². The van der Waals surface area contributed by atoms with E-state index in [2.05, 4.69) is 25.8 Å². The van der Waals surface area contributed by atoms with E-state index in [1.165, 1.54) is 6.42 Å². The van der Waals surface area contributed by atoms with Crippen LogP contribution in [0.3, 0.4) is 0 Å². The molecule has 4 atom stereocenters. The van der Waals surface area contributed by atoms with E-state index in [9.17, 15) is 4.79 Å². The van der Waals surface area contributed by atoms with E-state index in [1.807, 2.05) is 13.0 Å². The Balaban J connectivity index is 1.67. The summed E-state index contributed by atoms with van der Waals surface area (Å²) < 4.78 is 12.8. The number of hydrogen-bond acceptors (Lipinski definition) is 4. The first kappa shape index (κ1) is 15.3. The minimum atomic E-state index is -0.388. The zero-order valence-electron chi connectivity index (χ0n) is 14.6. The van der Waals surface area contributed by atoms with Crippen molar-refractivity contribution in [1.29, 1.82) is 0 Å². The monoisotopic (exact) mass is 313 g/mol. The van der Waals surface area contributed by atoms with Gasteiger partial charge >= 0.3 is 7.12 Å². The highest BCUT2D eigenvalue weighted by molar-refractivity contribution is 6.62. The first-order valence-electron chi connectivity index (χ1n) is 8.55. The number of Topliss-reactive ketones (excluding diaryl/α,β-unsaturated/α-hetero) is 1. The van der Waals surface area contributed by atoms with Gasteiger partial charge in [-0.3, -0.25) is 9.78 Å². The molecule has 3 saturated carbocycles. The maximum atomic E-state index is 11.7. The van der Waals surface area contributed by atoms with Gasteiger partial charge in [0.25, 0.3) is 0 Å². The summed E-state index contributed by atoms with van der Waals surface area (Å²) in [5.41, 5.74) is 2.44. The maximum Gasteiger partial charge on any atom is 0.495 e. The van der Waals surface area contributed by atoms with E-state index < -0.39 is 0 Å². The smallest absolute Gasteiger partial charge is 0.401 e. The number of carbonyl (C=O) groups excluding carboxylic acids is 1. The normalized spacial score (nSPS) is 37.3. The SMILES string of the molecule is CC(=O)c1nccc(B2OC3CC4CC(C4(C)C)[C@]3(C)O2)c1C. The summed E-state index contributed by atoms with van der Waals surface area (Å²) in [4.78, 5) is 16.0. The van der Waals surface area contributed by atoms with Crippen LogP contribution in [0.2, 0.25) is 0 Å². The molecule has 0 N–H and O–H groups in total. The second-order valence-corrected chi connectivity index (χ2v) is 8.23. The van der Waals surface area contributed by atoms with E-state index in [1.54, 1.807) is 13.1 Å². The molecule has 122 valence electrons. The Kier molecular flexibility index (Phi) is 3.11. The lowest BCUT2D eigenvalue weighted by molar-refractivity contribution is -0.199. The summed E-state index contributed by atoms with van der Waals surface area (Å²) in [5.74, 6) is 1.26. The lowest BCUT2D eigenvalue weighted by atomic mass is 9.43. The van der Waals surface area contributed by atoms with Gasteiger partial charge in [0.15, 0.2) is 5.78 Å². The molecule has 2 bridgehead atoms. The molecule has 3 unspecified atom stereocenters. The van der Waals surface area contributed by atoms with Crippen molar-refractivity contribution >= 4 is 18.4 Å². The lowest BCUT2D eigenvalue weighted by Crippen LogP contribution is -2.65. The van der Waals surface area contributed by atoms with Crippen LogP contribution in [0.25, 0.3) is 0 Å². The summed E-state index contributed by atoms with van der Waals surface area (Å²) in [5, 5.41) is 0. The number of ketones is 1. The molecular weight excluding hydrogens is 289 g/mol. The van der Waals surface area contributed by atoms with Gasteiger partial charge < -0.3 is 9.31 Å². The van der Waals surface area contributed by atoms with Crippen LogP contribution < -0.4 is 5.46 Å². The highest BCUT2D eigenvalue weighted by atomic mass is 16.7. The van der Waals surface area contributed by atoms with Crippen molar-refractivity contribution in [2.75, 3.05) is 0 Å². The predicted molar refractivity (Wildman–Crippen MR) is 88.7 cm³/mol. The Morgan fingerprint density at radius 1 is 1.35 bits per heavy atom.